The minimum absolute atomic E-state index is 0.00655. The van der Waals surface area contributed by atoms with Crippen LogP contribution in [0.2, 0.25) is 0 Å². The van der Waals surface area contributed by atoms with Gasteiger partial charge in [0.25, 0.3) is 0 Å². The zero-order chi connectivity index (χ0) is 47.3. The average Bonchev–Trinajstić information content (AvgIpc) is 3.19. The van der Waals surface area contributed by atoms with Gasteiger partial charge in [0.05, 0.1) is 13.0 Å². The van der Waals surface area contributed by atoms with Crippen molar-refractivity contribution in [2.75, 3.05) is 26.7 Å². The molecular weight excluding hydrogens is 821 g/mol. The lowest BCUT2D eigenvalue weighted by Gasteiger charge is -2.29. The number of hydrogen-bond donors (Lipinski definition) is 7. The number of unbranched alkanes of at least 4 members (excludes halogenated alkanes) is 1. The smallest absolute Gasteiger partial charge is 0.408 e. The molecule has 0 heterocycles. The lowest BCUT2D eigenvalue weighted by molar-refractivity contribution is -0.148. The number of ether oxygens (including phenoxy) is 3. The lowest BCUT2D eigenvalue weighted by atomic mass is 10.0. The molecule has 0 aliphatic heterocycles. The molecule has 346 valence electrons. The second kappa shape index (κ2) is 25.3. The van der Waals surface area contributed by atoms with Crippen LogP contribution in [0.5, 0.6) is 5.75 Å². The number of carbonyl (C=O) groups is 8. The third-order valence-electron chi connectivity index (χ3n) is 8.79. The van der Waals surface area contributed by atoms with Gasteiger partial charge in [-0.25, -0.2) is 14.4 Å². The van der Waals surface area contributed by atoms with Crippen molar-refractivity contribution < 1.29 is 62.8 Å². The molecule has 63 heavy (non-hydrogen) atoms. The summed E-state index contributed by atoms with van der Waals surface area (Å²) in [6.07, 6.45) is -0.519. The van der Waals surface area contributed by atoms with Crippen molar-refractivity contribution in [1.29, 1.82) is 0 Å². The Hall–Kier alpha value is -6.66. The van der Waals surface area contributed by atoms with E-state index in [1.807, 2.05) is 20.8 Å². The minimum atomic E-state index is -1.79. The standard InChI is InChI=1S/C44H62N6O13/c1-9-23-61-41(59)45-22-14-13-17-31(47-38(55)32(49-42(60)63-44(5,6)7)24-29-18-20-30(21-19-29)62-43(2,3)4)37(54)46-27-35(51)50(8)34(25-28-15-11-10-12-16-28)39(56)48-33(40(57)58)26-36(52)53/h9-12,15-16,18-21,31-34H,1,13-14,17,22-27H2,2-8H3,(H,45,59)(H,46,54)(H,47,55)(H,48,56)(H,49,60)(H,52,53)(H,57,58)/t31-,32+,33+,34+/m1/s1. The number of hydrogen-bond acceptors (Lipinski definition) is 11. The molecule has 2 aromatic carbocycles. The molecule has 0 radical (unpaired) electrons. The number of carboxylic acid groups (broad SMARTS) is 2. The van der Waals surface area contributed by atoms with Crippen LogP contribution in [0.1, 0.15) is 78.4 Å². The predicted octanol–water partition coefficient (Wildman–Crippen LogP) is 3.10. The molecule has 0 saturated heterocycles. The summed E-state index contributed by atoms with van der Waals surface area (Å²) in [6.45, 7) is 13.7. The Kier molecular flexibility index (Phi) is 21.1. The summed E-state index contributed by atoms with van der Waals surface area (Å²) >= 11 is 0. The van der Waals surface area contributed by atoms with E-state index in [0.717, 1.165) is 4.90 Å². The van der Waals surface area contributed by atoms with Gasteiger partial charge in [0, 0.05) is 26.4 Å². The van der Waals surface area contributed by atoms with Crippen LogP contribution in [0.25, 0.3) is 0 Å². The summed E-state index contributed by atoms with van der Waals surface area (Å²) in [6, 6.07) is 9.77. The number of benzene rings is 2. The fourth-order valence-corrected chi connectivity index (χ4v) is 5.80. The lowest BCUT2D eigenvalue weighted by Crippen LogP contribution is -2.57. The molecule has 2 rings (SSSR count). The molecule has 0 aliphatic rings. The molecule has 0 fully saturated rings. The van der Waals surface area contributed by atoms with E-state index in [1.165, 1.54) is 13.1 Å². The highest BCUT2D eigenvalue weighted by atomic mass is 16.6. The van der Waals surface area contributed by atoms with Crippen LogP contribution in [0.3, 0.4) is 0 Å². The van der Waals surface area contributed by atoms with Gasteiger partial charge < -0.3 is 55.9 Å². The number of aliphatic carboxylic acids is 2. The first-order chi connectivity index (χ1) is 29.5. The number of nitrogens with zero attached hydrogens (tertiary/aromatic N) is 1. The largest absolute Gasteiger partial charge is 0.488 e. The maximum Gasteiger partial charge on any atom is 0.408 e. The molecule has 0 unspecified atom stereocenters. The van der Waals surface area contributed by atoms with Crippen molar-refractivity contribution in [3.05, 3.63) is 78.4 Å². The van der Waals surface area contributed by atoms with E-state index in [-0.39, 0.29) is 38.8 Å². The van der Waals surface area contributed by atoms with Gasteiger partial charge in [-0.3, -0.25) is 24.0 Å². The number of amides is 6. The zero-order valence-corrected chi connectivity index (χ0v) is 37.0. The summed E-state index contributed by atoms with van der Waals surface area (Å²) < 4.78 is 16.2. The fourth-order valence-electron chi connectivity index (χ4n) is 5.80. The van der Waals surface area contributed by atoms with Crippen molar-refractivity contribution in [2.45, 2.75) is 115 Å². The molecule has 19 nitrogen and oxygen atoms in total. The molecule has 0 bridgehead atoms. The van der Waals surface area contributed by atoms with E-state index in [1.54, 1.807) is 75.4 Å². The summed E-state index contributed by atoms with van der Waals surface area (Å²) in [4.78, 5) is 104. The van der Waals surface area contributed by atoms with Gasteiger partial charge in [-0.1, -0.05) is 55.1 Å². The van der Waals surface area contributed by atoms with E-state index in [9.17, 15) is 48.6 Å². The highest BCUT2D eigenvalue weighted by Crippen LogP contribution is 2.20. The van der Waals surface area contributed by atoms with E-state index in [4.69, 9.17) is 14.2 Å². The number of rotatable bonds is 24. The highest BCUT2D eigenvalue weighted by molar-refractivity contribution is 5.95. The van der Waals surface area contributed by atoms with Crippen molar-refractivity contribution in [3.8, 4) is 5.75 Å². The first-order valence-corrected chi connectivity index (χ1v) is 20.4. The predicted molar refractivity (Wildman–Crippen MR) is 231 cm³/mol. The number of carboxylic acids is 2. The Morgan fingerprint density at radius 2 is 1.33 bits per heavy atom. The van der Waals surface area contributed by atoms with E-state index in [2.05, 4.69) is 33.2 Å². The van der Waals surface area contributed by atoms with E-state index in [0.29, 0.717) is 23.3 Å². The normalized spacial score (nSPS) is 13.1. The van der Waals surface area contributed by atoms with Gasteiger partial charge in [-0.05, 0) is 84.1 Å². The Labute approximate surface area is 367 Å². The molecule has 7 N–H and O–H groups in total. The van der Waals surface area contributed by atoms with Crippen molar-refractivity contribution >= 4 is 47.8 Å². The fraction of sp³-hybridized carbons (Fsp3) is 0.500. The maximum absolute atomic E-state index is 14.0. The van der Waals surface area contributed by atoms with Gasteiger partial charge in [-0.2, -0.15) is 0 Å². The van der Waals surface area contributed by atoms with Crippen LogP contribution in [0.4, 0.5) is 9.59 Å². The molecule has 2 aromatic rings. The minimum Gasteiger partial charge on any atom is -0.488 e. The van der Waals surface area contributed by atoms with E-state index >= 15 is 0 Å². The molecular formula is C44H62N6O13. The van der Waals surface area contributed by atoms with Crippen LogP contribution in [0.15, 0.2) is 67.3 Å². The zero-order valence-electron chi connectivity index (χ0n) is 37.0. The molecule has 0 saturated carbocycles. The summed E-state index contributed by atoms with van der Waals surface area (Å²) in [5.74, 6) is -5.73. The van der Waals surface area contributed by atoms with Crippen molar-refractivity contribution in [3.63, 3.8) is 0 Å². The SMILES string of the molecule is C=CCOC(=O)NCCCC[C@@H](NC(=O)[C@H](Cc1ccc(OC(C)(C)C)cc1)NC(=O)OC(C)(C)C)C(=O)NCC(=O)N(C)[C@@H](Cc1ccccc1)C(=O)N[C@@H](CC(=O)O)C(=O)O. The number of carbonyl (C=O) groups excluding carboxylic acids is 6. The van der Waals surface area contributed by atoms with Crippen LogP contribution in [-0.2, 0) is 51.1 Å². The van der Waals surface area contributed by atoms with Crippen LogP contribution < -0.4 is 31.3 Å². The quantitative estimate of drug-likeness (QED) is 0.0591. The van der Waals surface area contributed by atoms with Crippen LogP contribution in [0, 0.1) is 0 Å². The molecule has 0 aliphatic carbocycles. The van der Waals surface area contributed by atoms with Crippen LogP contribution >= 0.6 is 0 Å². The summed E-state index contributed by atoms with van der Waals surface area (Å²) in [5.41, 5.74) is -0.122. The first kappa shape index (κ1) is 52.5. The van der Waals surface area contributed by atoms with Gasteiger partial charge in [0.15, 0.2) is 0 Å². The topological polar surface area (TPSA) is 268 Å². The Bertz CT molecular complexity index is 1880. The molecule has 0 spiro atoms. The monoisotopic (exact) mass is 882 g/mol. The van der Waals surface area contributed by atoms with Gasteiger partial charge in [0.1, 0.15) is 47.7 Å². The highest BCUT2D eigenvalue weighted by Gasteiger charge is 2.33. The van der Waals surface area contributed by atoms with Crippen LogP contribution in [-0.4, -0.2) is 125 Å². The van der Waals surface area contributed by atoms with Crippen molar-refractivity contribution in [2.24, 2.45) is 0 Å². The first-order valence-electron chi connectivity index (χ1n) is 20.4. The average molecular weight is 883 g/mol. The number of likely N-dealkylation sites (N-methyl/N-ethyl adjacent to an activating group) is 1. The molecule has 19 heteroatoms. The van der Waals surface area contributed by atoms with Gasteiger partial charge in [-0.15, -0.1) is 0 Å². The second-order valence-electron chi connectivity index (χ2n) is 16.6. The summed E-state index contributed by atoms with van der Waals surface area (Å²) in [5, 5.41) is 31.3. The second-order valence-corrected chi connectivity index (χ2v) is 16.6. The Morgan fingerprint density at radius 3 is 1.90 bits per heavy atom. The van der Waals surface area contributed by atoms with Gasteiger partial charge in [0.2, 0.25) is 23.6 Å². The molecule has 4 atom stereocenters. The molecule has 6 amide bonds. The third kappa shape index (κ3) is 21.1. The summed E-state index contributed by atoms with van der Waals surface area (Å²) in [7, 11) is 1.27. The molecule has 0 aromatic heterocycles. The Balaban J connectivity index is 2.35. The van der Waals surface area contributed by atoms with Crippen molar-refractivity contribution in [1.82, 2.24) is 31.5 Å². The third-order valence-corrected chi connectivity index (χ3v) is 8.79. The Morgan fingerprint density at radius 1 is 0.714 bits per heavy atom. The van der Waals surface area contributed by atoms with Gasteiger partial charge >= 0.3 is 24.1 Å². The number of nitrogens with one attached hydrogen (secondary N) is 5. The number of alkyl carbamates (subject to hydrolysis) is 2. The maximum atomic E-state index is 14.0. The van der Waals surface area contributed by atoms with E-state index < -0.39 is 96.1 Å².